The van der Waals surface area contributed by atoms with Gasteiger partial charge in [-0.25, -0.2) is 0 Å². The molecule has 1 unspecified atom stereocenters. The summed E-state index contributed by atoms with van der Waals surface area (Å²) in [5, 5.41) is 8.55. The standard InChI is InChI=1S/C23H26N4O3S/c1-15-10-6-8-12-18(15)27(22(29)17-14-31-26-25-17)20(21(28)24-23(2,3)4)16-11-7-9-13-19(16)30-5/h6-14,20H,1-5H3,(H,24,28). The third kappa shape index (κ3) is 5.08. The molecule has 162 valence electrons. The van der Waals surface area contributed by atoms with Gasteiger partial charge in [0.25, 0.3) is 5.91 Å². The second-order valence-corrected chi connectivity index (χ2v) is 8.75. The normalized spacial score (nSPS) is 12.2. The van der Waals surface area contributed by atoms with Crippen molar-refractivity contribution < 1.29 is 14.3 Å². The first kappa shape index (κ1) is 22.4. The average molecular weight is 439 g/mol. The number of carbonyl (C=O) groups excluding carboxylic acids is 2. The molecule has 0 saturated heterocycles. The van der Waals surface area contributed by atoms with E-state index in [1.54, 1.807) is 24.6 Å². The quantitative estimate of drug-likeness (QED) is 0.625. The Hall–Kier alpha value is -3.26. The number of benzene rings is 2. The highest BCUT2D eigenvalue weighted by atomic mass is 32.1. The third-order valence-electron chi connectivity index (χ3n) is 4.61. The van der Waals surface area contributed by atoms with Crippen molar-refractivity contribution in [2.24, 2.45) is 0 Å². The first-order valence-electron chi connectivity index (χ1n) is 9.84. The Balaban J connectivity index is 2.25. The number of aromatic nitrogens is 2. The molecule has 0 spiro atoms. The maximum Gasteiger partial charge on any atom is 0.280 e. The van der Waals surface area contributed by atoms with Crippen molar-refractivity contribution in [3.05, 3.63) is 70.7 Å². The molecule has 0 saturated carbocycles. The number of anilines is 1. The van der Waals surface area contributed by atoms with Gasteiger partial charge in [0.2, 0.25) is 5.91 Å². The molecule has 0 aliphatic carbocycles. The predicted molar refractivity (Wildman–Crippen MR) is 122 cm³/mol. The van der Waals surface area contributed by atoms with Gasteiger partial charge in [0.1, 0.15) is 11.8 Å². The van der Waals surface area contributed by atoms with E-state index in [2.05, 4.69) is 14.9 Å². The van der Waals surface area contributed by atoms with E-state index in [1.807, 2.05) is 64.1 Å². The van der Waals surface area contributed by atoms with Crippen LogP contribution in [0.4, 0.5) is 5.69 Å². The molecular weight excluding hydrogens is 412 g/mol. The van der Waals surface area contributed by atoms with Crippen molar-refractivity contribution in [2.45, 2.75) is 39.3 Å². The Kier molecular flexibility index (Phi) is 6.70. The summed E-state index contributed by atoms with van der Waals surface area (Å²) in [7, 11) is 1.54. The van der Waals surface area contributed by atoms with Gasteiger partial charge in [0.15, 0.2) is 5.69 Å². The van der Waals surface area contributed by atoms with Crippen LogP contribution >= 0.6 is 11.5 Å². The summed E-state index contributed by atoms with van der Waals surface area (Å²) >= 11 is 1.08. The highest BCUT2D eigenvalue weighted by Gasteiger charge is 2.37. The van der Waals surface area contributed by atoms with Crippen LogP contribution in [0.25, 0.3) is 0 Å². The molecule has 1 heterocycles. The molecule has 0 radical (unpaired) electrons. The second-order valence-electron chi connectivity index (χ2n) is 8.14. The number of nitrogens with zero attached hydrogens (tertiary/aromatic N) is 3. The van der Waals surface area contributed by atoms with Crippen molar-refractivity contribution >= 4 is 29.0 Å². The van der Waals surface area contributed by atoms with E-state index in [0.717, 1.165) is 17.1 Å². The Bertz CT molecular complexity index is 1060. The second kappa shape index (κ2) is 9.26. The monoisotopic (exact) mass is 438 g/mol. The van der Waals surface area contributed by atoms with E-state index in [1.165, 1.54) is 4.90 Å². The fraction of sp³-hybridized carbons (Fsp3) is 0.304. The molecule has 1 aromatic heterocycles. The number of para-hydroxylation sites is 2. The van der Waals surface area contributed by atoms with Gasteiger partial charge < -0.3 is 10.1 Å². The number of nitrogens with one attached hydrogen (secondary N) is 1. The summed E-state index contributed by atoms with van der Waals surface area (Å²) in [5.74, 6) is -0.223. The maximum absolute atomic E-state index is 13.7. The number of ether oxygens (including phenoxy) is 1. The summed E-state index contributed by atoms with van der Waals surface area (Å²) in [6, 6.07) is 13.7. The first-order chi connectivity index (χ1) is 14.7. The molecule has 0 bridgehead atoms. The molecule has 0 aliphatic heterocycles. The van der Waals surface area contributed by atoms with Crippen LogP contribution in [0.1, 0.15) is 48.4 Å². The Labute approximate surface area is 186 Å². The first-order valence-corrected chi connectivity index (χ1v) is 10.7. The van der Waals surface area contributed by atoms with Crippen molar-refractivity contribution in [3.8, 4) is 5.75 Å². The van der Waals surface area contributed by atoms with Crippen LogP contribution in [0.15, 0.2) is 53.9 Å². The van der Waals surface area contributed by atoms with Crippen molar-refractivity contribution in [2.75, 3.05) is 12.0 Å². The molecule has 7 nitrogen and oxygen atoms in total. The van der Waals surface area contributed by atoms with E-state index in [-0.39, 0.29) is 11.6 Å². The Morgan fingerprint density at radius 1 is 1.10 bits per heavy atom. The van der Waals surface area contributed by atoms with Gasteiger partial charge in [-0.3, -0.25) is 14.5 Å². The van der Waals surface area contributed by atoms with Crippen molar-refractivity contribution in [1.29, 1.82) is 0 Å². The largest absolute Gasteiger partial charge is 0.496 e. The van der Waals surface area contributed by atoms with E-state index in [4.69, 9.17) is 4.74 Å². The molecule has 3 rings (SSSR count). The number of amides is 2. The van der Waals surface area contributed by atoms with E-state index in [9.17, 15) is 9.59 Å². The molecule has 1 atom stereocenters. The summed E-state index contributed by atoms with van der Waals surface area (Å²) in [6.07, 6.45) is 0. The number of carbonyl (C=O) groups is 2. The zero-order valence-electron chi connectivity index (χ0n) is 18.2. The topological polar surface area (TPSA) is 84.4 Å². The van der Waals surface area contributed by atoms with Gasteiger partial charge in [0, 0.05) is 22.2 Å². The summed E-state index contributed by atoms with van der Waals surface area (Å²) in [4.78, 5) is 28.8. The minimum absolute atomic E-state index is 0.178. The van der Waals surface area contributed by atoms with Crippen molar-refractivity contribution in [3.63, 3.8) is 0 Å². The van der Waals surface area contributed by atoms with Gasteiger partial charge >= 0.3 is 0 Å². The van der Waals surface area contributed by atoms with Gasteiger partial charge in [-0.05, 0) is 56.9 Å². The summed E-state index contributed by atoms with van der Waals surface area (Å²) < 4.78 is 9.38. The molecule has 31 heavy (non-hydrogen) atoms. The maximum atomic E-state index is 13.7. The van der Waals surface area contributed by atoms with Crippen LogP contribution in [-0.2, 0) is 4.79 Å². The van der Waals surface area contributed by atoms with Crippen LogP contribution in [0, 0.1) is 6.92 Å². The number of hydrogen-bond acceptors (Lipinski definition) is 6. The van der Waals surface area contributed by atoms with E-state index in [0.29, 0.717) is 17.0 Å². The van der Waals surface area contributed by atoms with Gasteiger partial charge in [-0.1, -0.05) is 40.9 Å². The predicted octanol–water partition coefficient (Wildman–Crippen LogP) is 4.16. The lowest BCUT2D eigenvalue weighted by molar-refractivity contribution is -0.123. The van der Waals surface area contributed by atoms with E-state index < -0.39 is 17.5 Å². The number of hydrogen-bond donors (Lipinski definition) is 1. The molecular formula is C23H26N4O3S. The van der Waals surface area contributed by atoms with Crippen LogP contribution in [0.3, 0.4) is 0 Å². The molecule has 1 N–H and O–H groups in total. The molecule has 3 aromatic rings. The molecule has 2 amide bonds. The van der Waals surface area contributed by atoms with Crippen LogP contribution in [0.2, 0.25) is 0 Å². The van der Waals surface area contributed by atoms with Crippen LogP contribution in [-0.4, -0.2) is 34.1 Å². The summed E-state index contributed by atoms with van der Waals surface area (Å²) in [6.45, 7) is 7.59. The Morgan fingerprint density at radius 3 is 2.39 bits per heavy atom. The van der Waals surface area contributed by atoms with E-state index >= 15 is 0 Å². The SMILES string of the molecule is COc1ccccc1C(C(=O)NC(C)(C)C)N(C(=O)c1csnn1)c1ccccc1C. The lowest BCUT2D eigenvalue weighted by Gasteiger charge is -2.34. The highest BCUT2D eigenvalue weighted by molar-refractivity contribution is 7.03. The smallest absolute Gasteiger partial charge is 0.280 e. The van der Waals surface area contributed by atoms with Crippen LogP contribution < -0.4 is 15.0 Å². The fourth-order valence-corrected chi connectivity index (χ4v) is 3.74. The number of rotatable bonds is 6. The van der Waals surface area contributed by atoms with Crippen LogP contribution in [0.5, 0.6) is 5.75 Å². The Morgan fingerprint density at radius 2 is 1.77 bits per heavy atom. The summed E-state index contributed by atoms with van der Waals surface area (Å²) in [5.41, 5.74) is 1.71. The zero-order valence-corrected chi connectivity index (χ0v) is 19.1. The lowest BCUT2D eigenvalue weighted by atomic mass is 9.98. The third-order valence-corrected chi connectivity index (χ3v) is 5.12. The van der Waals surface area contributed by atoms with Crippen molar-refractivity contribution in [1.82, 2.24) is 14.9 Å². The highest BCUT2D eigenvalue weighted by Crippen LogP contribution is 2.36. The molecule has 0 aliphatic rings. The fourth-order valence-electron chi connectivity index (χ4n) is 3.31. The van der Waals surface area contributed by atoms with Gasteiger partial charge in [0.05, 0.1) is 7.11 Å². The minimum Gasteiger partial charge on any atom is -0.496 e. The zero-order chi connectivity index (χ0) is 22.6. The minimum atomic E-state index is -0.981. The van der Waals surface area contributed by atoms with Gasteiger partial charge in [-0.15, -0.1) is 5.10 Å². The molecule has 8 heteroatoms. The average Bonchev–Trinajstić information content (AvgIpc) is 3.26. The molecule has 2 aromatic carbocycles. The molecule has 0 fully saturated rings. The lowest BCUT2D eigenvalue weighted by Crippen LogP contribution is -2.49. The van der Waals surface area contributed by atoms with Gasteiger partial charge in [-0.2, -0.15) is 0 Å². The number of methoxy groups -OCH3 is 1. The number of aryl methyl sites for hydroxylation is 1.